The van der Waals surface area contributed by atoms with E-state index in [-0.39, 0.29) is 12.2 Å². The number of nitrogens with one attached hydrogen (secondary N) is 1. The fraction of sp³-hybridized carbons (Fsp3) is 0.391. The zero-order valence-electron chi connectivity index (χ0n) is 16.4. The Hall–Kier alpha value is -2.84. The minimum absolute atomic E-state index is 0.108. The summed E-state index contributed by atoms with van der Waals surface area (Å²) in [4.78, 5) is 15.5. The lowest BCUT2D eigenvalue weighted by Crippen LogP contribution is -2.12. The van der Waals surface area contributed by atoms with Gasteiger partial charge in [0.2, 0.25) is 0 Å². The van der Waals surface area contributed by atoms with Crippen LogP contribution in [0.15, 0.2) is 29.1 Å². The number of rotatable bonds is 2. The van der Waals surface area contributed by atoms with Gasteiger partial charge < -0.3 is 10.1 Å². The van der Waals surface area contributed by atoms with E-state index in [1.165, 1.54) is 24.8 Å². The number of aliphatic hydroxyl groups is 1. The first-order valence-corrected chi connectivity index (χ1v) is 9.92. The Bertz CT molecular complexity index is 1140. The topological polar surface area (TPSA) is 70.4 Å². The van der Waals surface area contributed by atoms with Gasteiger partial charge in [-0.2, -0.15) is 5.10 Å². The van der Waals surface area contributed by atoms with Crippen LogP contribution in [0.1, 0.15) is 60.4 Å². The zero-order chi connectivity index (χ0) is 19.7. The van der Waals surface area contributed by atoms with E-state index in [0.717, 1.165) is 46.6 Å². The first-order valence-electron chi connectivity index (χ1n) is 9.92. The summed E-state index contributed by atoms with van der Waals surface area (Å²) in [5.41, 5.74) is 6.53. The highest BCUT2D eigenvalue weighted by molar-refractivity contribution is 5.68. The van der Waals surface area contributed by atoms with Crippen LogP contribution in [0.3, 0.4) is 0 Å². The number of aromatic nitrogens is 3. The number of aliphatic hydroxyl groups excluding tert-OH is 1. The molecule has 5 nitrogen and oxygen atoms in total. The number of aromatic amines is 1. The number of nitrogens with zero attached hydrogens (tertiary/aromatic N) is 2. The van der Waals surface area contributed by atoms with E-state index in [1.807, 2.05) is 36.6 Å². The van der Waals surface area contributed by atoms with Crippen LogP contribution in [0.5, 0.6) is 0 Å². The van der Waals surface area contributed by atoms with E-state index < -0.39 is 0 Å². The highest BCUT2D eigenvalue weighted by Crippen LogP contribution is 2.36. The molecule has 0 saturated heterocycles. The number of hydrogen-bond donors (Lipinski definition) is 2. The molecule has 0 bridgehead atoms. The molecule has 0 aliphatic heterocycles. The molecule has 1 aliphatic carbocycles. The molecule has 5 heteroatoms. The van der Waals surface area contributed by atoms with Gasteiger partial charge in [-0.05, 0) is 50.3 Å². The van der Waals surface area contributed by atoms with Gasteiger partial charge in [0.05, 0.1) is 11.4 Å². The van der Waals surface area contributed by atoms with Crippen molar-refractivity contribution in [2.24, 2.45) is 0 Å². The maximum atomic E-state index is 12.5. The van der Waals surface area contributed by atoms with Crippen molar-refractivity contribution in [3.8, 4) is 23.1 Å². The van der Waals surface area contributed by atoms with E-state index >= 15 is 0 Å². The van der Waals surface area contributed by atoms with Crippen molar-refractivity contribution in [3.63, 3.8) is 0 Å². The maximum absolute atomic E-state index is 12.5. The van der Waals surface area contributed by atoms with Gasteiger partial charge in [0.25, 0.3) is 5.56 Å². The smallest absolute Gasteiger partial charge is 0.251 e. The van der Waals surface area contributed by atoms with Gasteiger partial charge >= 0.3 is 0 Å². The fourth-order valence-electron chi connectivity index (χ4n) is 4.41. The molecular formula is C23H25N3O2. The highest BCUT2D eigenvalue weighted by atomic mass is 16.2. The predicted octanol–water partition coefficient (Wildman–Crippen LogP) is 3.70. The lowest BCUT2D eigenvalue weighted by Gasteiger charge is -2.21. The molecule has 1 aromatic carbocycles. The van der Waals surface area contributed by atoms with Gasteiger partial charge in [0, 0.05) is 22.8 Å². The molecule has 0 amide bonds. The molecule has 144 valence electrons. The SMILES string of the molecule is Cc1cc(C#CCO)ccc1-c1cc(=O)[nH]c2c(C3CCCCC3)c(C)nn12. The van der Waals surface area contributed by atoms with Crippen LogP contribution in [0, 0.1) is 25.7 Å². The summed E-state index contributed by atoms with van der Waals surface area (Å²) < 4.78 is 1.89. The molecule has 1 fully saturated rings. The van der Waals surface area contributed by atoms with E-state index in [1.54, 1.807) is 6.07 Å². The normalized spacial score (nSPS) is 14.8. The van der Waals surface area contributed by atoms with Crippen LogP contribution in [0.25, 0.3) is 16.9 Å². The predicted molar refractivity (Wildman–Crippen MR) is 111 cm³/mol. The summed E-state index contributed by atoms with van der Waals surface area (Å²) in [6.07, 6.45) is 6.08. The molecule has 0 radical (unpaired) electrons. The molecule has 0 atom stereocenters. The molecule has 4 rings (SSSR count). The van der Waals surface area contributed by atoms with Gasteiger partial charge in [-0.25, -0.2) is 4.52 Å². The molecule has 3 aromatic rings. The largest absolute Gasteiger partial charge is 0.384 e. The standard InChI is InChI=1S/C23H25N3O2/c1-15-13-17(7-6-12-27)10-11-19(15)20-14-21(28)24-23-22(16(2)25-26(20)23)18-8-4-3-5-9-18/h10-11,13-14,18,27H,3-5,8-9,12H2,1-2H3,(H,24,28). The summed E-state index contributed by atoms with van der Waals surface area (Å²) in [6.45, 7) is 3.89. The van der Waals surface area contributed by atoms with Crippen molar-refractivity contribution >= 4 is 5.65 Å². The minimum atomic E-state index is -0.161. The molecule has 2 heterocycles. The van der Waals surface area contributed by atoms with Crippen molar-refractivity contribution in [2.45, 2.75) is 51.9 Å². The summed E-state index contributed by atoms with van der Waals surface area (Å²) in [5.74, 6) is 6.07. The Kier molecular flexibility index (Phi) is 5.06. The molecule has 0 unspecified atom stereocenters. The third-order valence-electron chi connectivity index (χ3n) is 5.67. The van der Waals surface area contributed by atoms with Crippen LogP contribution >= 0.6 is 0 Å². The third-order valence-corrected chi connectivity index (χ3v) is 5.67. The Balaban J connectivity index is 1.88. The van der Waals surface area contributed by atoms with Gasteiger partial charge in [-0.3, -0.25) is 4.79 Å². The van der Waals surface area contributed by atoms with E-state index in [9.17, 15) is 4.79 Å². The van der Waals surface area contributed by atoms with Crippen LogP contribution in [-0.2, 0) is 0 Å². The second kappa shape index (κ2) is 7.65. The number of H-pyrrole nitrogens is 1. The summed E-state index contributed by atoms with van der Waals surface area (Å²) in [7, 11) is 0. The second-order valence-corrected chi connectivity index (χ2v) is 7.60. The maximum Gasteiger partial charge on any atom is 0.251 e. The lowest BCUT2D eigenvalue weighted by atomic mass is 9.84. The van der Waals surface area contributed by atoms with E-state index in [2.05, 4.69) is 16.8 Å². The Morgan fingerprint density at radius 3 is 2.71 bits per heavy atom. The van der Waals surface area contributed by atoms with Crippen molar-refractivity contribution in [3.05, 3.63) is 57.0 Å². The molecule has 0 spiro atoms. The quantitative estimate of drug-likeness (QED) is 0.671. The van der Waals surface area contributed by atoms with E-state index in [4.69, 9.17) is 10.2 Å². The average Bonchev–Trinajstić information content (AvgIpc) is 3.02. The highest BCUT2D eigenvalue weighted by Gasteiger charge is 2.24. The fourth-order valence-corrected chi connectivity index (χ4v) is 4.41. The number of fused-ring (bicyclic) bond motifs is 1. The van der Waals surface area contributed by atoms with Crippen LogP contribution in [0.2, 0.25) is 0 Å². The monoisotopic (exact) mass is 375 g/mol. The van der Waals surface area contributed by atoms with Gasteiger partial charge in [-0.1, -0.05) is 37.2 Å². The van der Waals surface area contributed by atoms with Gasteiger partial charge in [-0.15, -0.1) is 0 Å². The van der Waals surface area contributed by atoms with Crippen LogP contribution in [-0.4, -0.2) is 26.3 Å². The lowest BCUT2D eigenvalue weighted by molar-refractivity contribution is 0.350. The van der Waals surface area contributed by atoms with Crippen molar-refractivity contribution in [1.29, 1.82) is 0 Å². The zero-order valence-corrected chi connectivity index (χ0v) is 16.4. The first-order chi connectivity index (χ1) is 13.6. The Morgan fingerprint density at radius 1 is 1.21 bits per heavy atom. The number of hydrogen-bond acceptors (Lipinski definition) is 3. The van der Waals surface area contributed by atoms with E-state index in [0.29, 0.717) is 5.92 Å². The van der Waals surface area contributed by atoms with Crippen molar-refractivity contribution in [2.75, 3.05) is 6.61 Å². The second-order valence-electron chi connectivity index (χ2n) is 7.60. The van der Waals surface area contributed by atoms with Crippen LogP contribution < -0.4 is 5.56 Å². The Labute approximate surface area is 164 Å². The summed E-state index contributed by atoms with van der Waals surface area (Å²) in [5, 5.41) is 13.7. The molecule has 1 aliphatic rings. The third kappa shape index (κ3) is 3.36. The minimum Gasteiger partial charge on any atom is -0.384 e. The van der Waals surface area contributed by atoms with Crippen molar-refractivity contribution in [1.82, 2.24) is 14.6 Å². The number of aryl methyl sites for hydroxylation is 2. The summed E-state index contributed by atoms with van der Waals surface area (Å²) in [6, 6.07) is 7.48. The molecule has 1 saturated carbocycles. The van der Waals surface area contributed by atoms with Gasteiger partial charge in [0.15, 0.2) is 0 Å². The Morgan fingerprint density at radius 2 is 2.00 bits per heavy atom. The molecule has 2 aromatic heterocycles. The average molecular weight is 375 g/mol. The molecule has 2 N–H and O–H groups in total. The van der Waals surface area contributed by atoms with Crippen molar-refractivity contribution < 1.29 is 5.11 Å². The van der Waals surface area contributed by atoms with Gasteiger partial charge in [0.1, 0.15) is 12.3 Å². The van der Waals surface area contributed by atoms with Crippen LogP contribution in [0.4, 0.5) is 0 Å². The summed E-state index contributed by atoms with van der Waals surface area (Å²) >= 11 is 0. The first kappa shape index (κ1) is 18.5. The molecular weight excluding hydrogens is 350 g/mol. The molecule has 28 heavy (non-hydrogen) atoms. The number of benzene rings is 1.